The van der Waals surface area contributed by atoms with Crippen LogP contribution in [0.25, 0.3) is 0 Å². The number of cyclic esters (lactones) is 2. The van der Waals surface area contributed by atoms with Crippen molar-refractivity contribution in [2.45, 2.75) is 43.5 Å². The van der Waals surface area contributed by atoms with Crippen LogP contribution in [0.5, 0.6) is 0 Å². The third kappa shape index (κ3) is 4.64. The molecule has 1 saturated heterocycles. The van der Waals surface area contributed by atoms with Crippen molar-refractivity contribution in [2.24, 2.45) is 0 Å². The SMILES string of the molecule is CCCC1(c2ccccc2)C(=O)OC(=O)N1OCC1=CSC(CCc2ccccc2)N1OC. The fraction of sp³-hybridized carbons (Fsp3) is 0.360. The first kappa shape index (κ1) is 23.4. The second kappa shape index (κ2) is 10.4. The predicted molar refractivity (Wildman–Crippen MR) is 125 cm³/mol. The minimum atomic E-state index is -1.30. The van der Waals surface area contributed by atoms with Crippen LogP contribution in [0.3, 0.4) is 0 Å². The van der Waals surface area contributed by atoms with Gasteiger partial charge in [0.05, 0.1) is 12.8 Å². The van der Waals surface area contributed by atoms with Gasteiger partial charge in [-0.25, -0.2) is 14.7 Å². The Labute approximate surface area is 198 Å². The van der Waals surface area contributed by atoms with E-state index in [-0.39, 0.29) is 12.0 Å². The molecule has 7 nitrogen and oxygen atoms in total. The number of hydroxylamine groups is 4. The molecule has 0 spiro atoms. The fourth-order valence-electron chi connectivity index (χ4n) is 4.30. The van der Waals surface area contributed by atoms with Gasteiger partial charge in [0.25, 0.3) is 0 Å². The average Bonchev–Trinajstić information content (AvgIpc) is 3.35. The van der Waals surface area contributed by atoms with Crippen LogP contribution >= 0.6 is 11.8 Å². The molecule has 2 heterocycles. The van der Waals surface area contributed by atoms with E-state index in [2.05, 4.69) is 12.1 Å². The lowest BCUT2D eigenvalue weighted by atomic mass is 9.86. The van der Waals surface area contributed by atoms with Gasteiger partial charge in [-0.3, -0.25) is 9.68 Å². The molecule has 0 radical (unpaired) electrons. The van der Waals surface area contributed by atoms with Crippen LogP contribution in [0, 0.1) is 0 Å². The third-order valence-electron chi connectivity index (χ3n) is 5.86. The van der Waals surface area contributed by atoms with E-state index >= 15 is 0 Å². The molecule has 2 aliphatic rings. The second-order valence-corrected chi connectivity index (χ2v) is 8.98. The summed E-state index contributed by atoms with van der Waals surface area (Å²) in [4.78, 5) is 37.1. The number of aryl methyl sites for hydroxylation is 1. The highest BCUT2D eigenvalue weighted by molar-refractivity contribution is 8.02. The van der Waals surface area contributed by atoms with Crippen LogP contribution in [-0.2, 0) is 31.2 Å². The van der Waals surface area contributed by atoms with Crippen molar-refractivity contribution in [3.05, 3.63) is 82.9 Å². The summed E-state index contributed by atoms with van der Waals surface area (Å²) in [5, 5.41) is 4.98. The van der Waals surface area contributed by atoms with E-state index in [1.807, 2.05) is 60.9 Å². The minimum absolute atomic E-state index is 0.0728. The summed E-state index contributed by atoms with van der Waals surface area (Å²) < 4.78 is 5.03. The lowest BCUT2D eigenvalue weighted by Crippen LogP contribution is -2.47. The van der Waals surface area contributed by atoms with Gasteiger partial charge in [-0.2, -0.15) is 5.06 Å². The zero-order chi connectivity index (χ0) is 23.3. The number of thioether (sulfide) groups is 1. The molecular formula is C25H28N2O5S. The largest absolute Gasteiger partial charge is 0.443 e. The first-order valence-electron chi connectivity index (χ1n) is 11.1. The average molecular weight is 469 g/mol. The summed E-state index contributed by atoms with van der Waals surface area (Å²) in [6, 6.07) is 19.5. The number of hydrogen-bond donors (Lipinski definition) is 0. The molecule has 0 saturated carbocycles. The van der Waals surface area contributed by atoms with Crippen LogP contribution in [0.15, 0.2) is 71.8 Å². The minimum Gasteiger partial charge on any atom is -0.372 e. The number of carbonyl (C=O) groups excluding carboxylic acids is 2. The highest BCUT2D eigenvalue weighted by Gasteiger charge is 2.57. The standard InChI is InChI=1S/C25H28N2O5S/c1-3-16-25(20-12-8-5-9-13-20)23(28)32-24(29)27(25)31-17-21-18-33-22(26(21)30-2)15-14-19-10-6-4-7-11-19/h4-13,18,22H,3,14-17H2,1-2H3. The van der Waals surface area contributed by atoms with E-state index in [4.69, 9.17) is 14.4 Å². The highest BCUT2D eigenvalue weighted by atomic mass is 32.2. The molecule has 2 aliphatic heterocycles. The Hall–Kier alpha value is -2.81. The summed E-state index contributed by atoms with van der Waals surface area (Å²) in [6.07, 6.45) is 2.07. The Morgan fingerprint density at radius 1 is 1.06 bits per heavy atom. The van der Waals surface area contributed by atoms with Gasteiger partial charge >= 0.3 is 12.1 Å². The monoisotopic (exact) mass is 468 g/mol. The van der Waals surface area contributed by atoms with E-state index in [1.54, 1.807) is 23.9 Å². The fourth-order valence-corrected chi connectivity index (χ4v) is 5.37. The first-order valence-corrected chi connectivity index (χ1v) is 12.0. The van der Waals surface area contributed by atoms with Gasteiger partial charge in [-0.15, -0.1) is 11.8 Å². The van der Waals surface area contributed by atoms with E-state index < -0.39 is 17.6 Å². The molecule has 8 heteroatoms. The normalized spacial score (nSPS) is 22.6. The molecule has 2 atom stereocenters. The maximum atomic E-state index is 12.9. The van der Waals surface area contributed by atoms with Gasteiger partial charge in [0.15, 0.2) is 5.54 Å². The van der Waals surface area contributed by atoms with E-state index in [1.165, 1.54) is 5.56 Å². The Morgan fingerprint density at radius 2 is 1.76 bits per heavy atom. The van der Waals surface area contributed by atoms with Crippen molar-refractivity contribution < 1.29 is 24.0 Å². The zero-order valence-corrected chi connectivity index (χ0v) is 19.6. The molecule has 1 fully saturated rings. The summed E-state index contributed by atoms with van der Waals surface area (Å²) in [5.74, 6) is -0.611. The van der Waals surface area contributed by atoms with E-state index in [0.29, 0.717) is 18.4 Å². The maximum absolute atomic E-state index is 12.9. The van der Waals surface area contributed by atoms with Crippen LogP contribution in [-0.4, -0.2) is 41.3 Å². The van der Waals surface area contributed by atoms with Crippen molar-refractivity contribution in [1.82, 2.24) is 10.1 Å². The molecule has 2 unspecified atom stereocenters. The van der Waals surface area contributed by atoms with Crippen LogP contribution < -0.4 is 0 Å². The summed E-state index contributed by atoms with van der Waals surface area (Å²) in [6.45, 7) is 2.03. The van der Waals surface area contributed by atoms with Crippen LogP contribution in [0.4, 0.5) is 4.79 Å². The molecule has 0 aromatic heterocycles. The molecule has 0 aliphatic carbocycles. The van der Waals surface area contributed by atoms with Crippen LogP contribution in [0.1, 0.15) is 37.3 Å². The van der Waals surface area contributed by atoms with Crippen molar-refractivity contribution in [3.63, 3.8) is 0 Å². The van der Waals surface area contributed by atoms with Gasteiger partial charge in [-0.05, 0) is 35.8 Å². The highest BCUT2D eigenvalue weighted by Crippen LogP contribution is 2.41. The van der Waals surface area contributed by atoms with Gasteiger partial charge in [0.1, 0.15) is 12.0 Å². The molecule has 2 aromatic rings. The number of rotatable bonds is 10. The van der Waals surface area contributed by atoms with Gasteiger partial charge in [0, 0.05) is 0 Å². The molecule has 33 heavy (non-hydrogen) atoms. The van der Waals surface area contributed by atoms with Gasteiger partial charge in [0.2, 0.25) is 0 Å². The summed E-state index contributed by atoms with van der Waals surface area (Å²) >= 11 is 1.65. The lowest BCUT2D eigenvalue weighted by molar-refractivity contribution is -0.187. The number of esters is 1. The third-order valence-corrected chi connectivity index (χ3v) is 7.01. The Morgan fingerprint density at radius 3 is 2.42 bits per heavy atom. The molecule has 0 N–H and O–H groups in total. The van der Waals surface area contributed by atoms with Crippen LogP contribution in [0.2, 0.25) is 0 Å². The van der Waals surface area contributed by atoms with E-state index in [0.717, 1.165) is 23.6 Å². The van der Waals surface area contributed by atoms with Gasteiger partial charge < -0.3 is 4.74 Å². The van der Waals surface area contributed by atoms with Gasteiger partial charge in [-0.1, -0.05) is 74.0 Å². The Balaban J connectivity index is 1.46. The number of amides is 1. The van der Waals surface area contributed by atoms with Crippen molar-refractivity contribution in [2.75, 3.05) is 13.7 Å². The molecule has 2 aromatic carbocycles. The summed E-state index contributed by atoms with van der Waals surface area (Å²) in [7, 11) is 1.62. The quantitative estimate of drug-likeness (QED) is 0.359. The Kier molecular flexibility index (Phi) is 7.37. The lowest BCUT2D eigenvalue weighted by Gasteiger charge is -2.33. The zero-order valence-electron chi connectivity index (χ0n) is 18.8. The number of benzene rings is 2. The van der Waals surface area contributed by atoms with E-state index in [9.17, 15) is 9.59 Å². The maximum Gasteiger partial charge on any atom is 0.443 e. The molecule has 1 amide bonds. The molecular weight excluding hydrogens is 440 g/mol. The number of nitrogens with zero attached hydrogens (tertiary/aromatic N) is 2. The van der Waals surface area contributed by atoms with Crippen molar-refractivity contribution >= 4 is 23.8 Å². The first-order chi connectivity index (χ1) is 16.1. The smallest absolute Gasteiger partial charge is 0.372 e. The molecule has 174 valence electrons. The van der Waals surface area contributed by atoms with Crippen molar-refractivity contribution in [1.29, 1.82) is 0 Å². The number of carbonyl (C=O) groups is 2. The predicted octanol–water partition coefficient (Wildman–Crippen LogP) is 5.00. The molecule has 4 rings (SSSR count). The number of ether oxygens (including phenoxy) is 1. The van der Waals surface area contributed by atoms with Crippen molar-refractivity contribution in [3.8, 4) is 0 Å². The summed E-state index contributed by atoms with van der Waals surface area (Å²) in [5.41, 5.74) is 1.42. The number of hydrogen-bond acceptors (Lipinski definition) is 7. The topological polar surface area (TPSA) is 68.3 Å². The second-order valence-electron chi connectivity index (χ2n) is 7.93. The Bertz CT molecular complexity index is 1000. The molecule has 0 bridgehead atoms.